The van der Waals surface area contributed by atoms with Crippen molar-refractivity contribution in [2.75, 3.05) is 5.75 Å². The van der Waals surface area contributed by atoms with Gasteiger partial charge < -0.3 is 10.1 Å². The molecule has 1 unspecified atom stereocenters. The van der Waals surface area contributed by atoms with Crippen molar-refractivity contribution in [1.82, 2.24) is 19.9 Å². The number of nitrogens with one attached hydrogen (secondary N) is 1. The maximum Gasteiger partial charge on any atom is 0.181 e. The summed E-state index contributed by atoms with van der Waals surface area (Å²) in [6.45, 7) is 1.96. The molecule has 5 nitrogen and oxygen atoms in total. The average Bonchev–Trinajstić information content (AvgIpc) is 2.74. The maximum atomic E-state index is 9.45. The molecule has 0 aliphatic rings. The summed E-state index contributed by atoms with van der Waals surface area (Å²) in [4.78, 5) is 15.2. The number of nitrogens with zero attached hydrogens (tertiary/aromatic N) is 3. The lowest BCUT2D eigenvalue weighted by molar-refractivity contribution is 0.195. The van der Waals surface area contributed by atoms with Crippen LogP contribution in [0.2, 0.25) is 0 Å². The third-order valence-corrected chi connectivity index (χ3v) is 3.21. The topological polar surface area (TPSA) is 74.7 Å². The quantitative estimate of drug-likeness (QED) is 0.603. The number of rotatable bonds is 4. The van der Waals surface area contributed by atoms with Crippen LogP contribution in [-0.2, 0) is 0 Å². The maximum absolute atomic E-state index is 9.45. The predicted molar refractivity (Wildman–Crippen MR) is 58.7 cm³/mol. The molecule has 2 aromatic heterocycles. The van der Waals surface area contributed by atoms with Gasteiger partial charge in [-0.1, -0.05) is 6.92 Å². The van der Waals surface area contributed by atoms with Gasteiger partial charge in [0.2, 0.25) is 0 Å². The molecule has 0 aliphatic heterocycles. The number of imidazole rings is 1. The minimum Gasteiger partial charge on any atom is -0.392 e. The standard InChI is InChI=1S/C9H12N4OS/c1-2-6(14)3-15-9-7-8(11-4-10-7)12-5-13-9/h4-6,14H,2-3H2,1H3,(H,10,11,12,13). The normalized spacial score (nSPS) is 13.2. The predicted octanol–water partition coefficient (Wildman–Crippen LogP) is 1.22. The summed E-state index contributed by atoms with van der Waals surface area (Å²) >= 11 is 1.51. The zero-order valence-electron chi connectivity index (χ0n) is 8.34. The molecule has 2 heterocycles. The minimum absolute atomic E-state index is 0.289. The Bertz CT molecular complexity index is 444. The van der Waals surface area contributed by atoms with Crippen LogP contribution in [0.25, 0.3) is 11.2 Å². The lowest BCUT2D eigenvalue weighted by Crippen LogP contribution is -2.07. The van der Waals surface area contributed by atoms with Gasteiger partial charge in [-0.15, -0.1) is 11.8 Å². The van der Waals surface area contributed by atoms with Gasteiger partial charge in [0.05, 0.1) is 12.4 Å². The fourth-order valence-electron chi connectivity index (χ4n) is 1.15. The highest BCUT2D eigenvalue weighted by Gasteiger charge is 2.08. The van der Waals surface area contributed by atoms with Crippen molar-refractivity contribution in [2.24, 2.45) is 0 Å². The summed E-state index contributed by atoms with van der Waals surface area (Å²) in [6.07, 6.45) is 3.55. The molecule has 0 aromatic carbocycles. The van der Waals surface area contributed by atoms with Crippen LogP contribution in [0, 0.1) is 0 Å². The highest BCUT2D eigenvalue weighted by molar-refractivity contribution is 7.99. The molecule has 0 spiro atoms. The molecule has 15 heavy (non-hydrogen) atoms. The van der Waals surface area contributed by atoms with Crippen LogP contribution in [0.5, 0.6) is 0 Å². The first-order valence-electron chi connectivity index (χ1n) is 4.76. The number of aliphatic hydroxyl groups is 1. The minimum atomic E-state index is -0.289. The van der Waals surface area contributed by atoms with Crippen molar-refractivity contribution in [3.05, 3.63) is 12.7 Å². The van der Waals surface area contributed by atoms with E-state index < -0.39 is 0 Å². The average molecular weight is 224 g/mol. The molecule has 2 N–H and O–H groups in total. The Balaban J connectivity index is 2.17. The van der Waals surface area contributed by atoms with Crippen LogP contribution >= 0.6 is 11.8 Å². The molecule has 2 aromatic rings. The monoisotopic (exact) mass is 224 g/mol. The SMILES string of the molecule is CCC(O)CSc1ncnc2nc[nH]c12. The number of aromatic nitrogens is 4. The Kier molecular flexibility index (Phi) is 3.17. The first-order chi connectivity index (χ1) is 7.31. The van der Waals surface area contributed by atoms with Crippen LogP contribution in [-0.4, -0.2) is 36.9 Å². The van der Waals surface area contributed by atoms with E-state index in [1.54, 1.807) is 6.33 Å². The van der Waals surface area contributed by atoms with E-state index in [0.29, 0.717) is 11.4 Å². The molecule has 0 radical (unpaired) electrons. The van der Waals surface area contributed by atoms with Gasteiger partial charge in [0.1, 0.15) is 16.9 Å². The van der Waals surface area contributed by atoms with Crippen LogP contribution in [0.1, 0.15) is 13.3 Å². The van der Waals surface area contributed by atoms with Crippen molar-refractivity contribution in [3.8, 4) is 0 Å². The summed E-state index contributed by atoms with van der Waals surface area (Å²) in [5.41, 5.74) is 1.50. The molecule has 6 heteroatoms. The van der Waals surface area contributed by atoms with Gasteiger partial charge in [-0.3, -0.25) is 0 Å². The van der Waals surface area contributed by atoms with Crippen LogP contribution in [0.4, 0.5) is 0 Å². The van der Waals surface area contributed by atoms with Crippen molar-refractivity contribution in [1.29, 1.82) is 0 Å². The zero-order chi connectivity index (χ0) is 10.7. The lowest BCUT2D eigenvalue weighted by atomic mass is 10.3. The molecular weight excluding hydrogens is 212 g/mol. The van der Waals surface area contributed by atoms with Gasteiger partial charge in [0, 0.05) is 5.75 Å². The van der Waals surface area contributed by atoms with Crippen molar-refractivity contribution < 1.29 is 5.11 Å². The first kappa shape index (κ1) is 10.4. The van der Waals surface area contributed by atoms with Crippen molar-refractivity contribution in [3.63, 3.8) is 0 Å². The number of hydrogen-bond acceptors (Lipinski definition) is 5. The van der Waals surface area contributed by atoms with Crippen LogP contribution in [0.3, 0.4) is 0 Å². The number of thioether (sulfide) groups is 1. The van der Waals surface area contributed by atoms with Gasteiger partial charge in [-0.25, -0.2) is 15.0 Å². The lowest BCUT2D eigenvalue weighted by Gasteiger charge is -2.06. The fraction of sp³-hybridized carbons (Fsp3) is 0.444. The van der Waals surface area contributed by atoms with Gasteiger partial charge in [-0.2, -0.15) is 0 Å². The molecule has 0 saturated heterocycles. The van der Waals surface area contributed by atoms with E-state index in [-0.39, 0.29) is 6.10 Å². The number of fused-ring (bicyclic) bond motifs is 1. The van der Waals surface area contributed by atoms with Crippen LogP contribution in [0.15, 0.2) is 17.7 Å². The Labute approximate surface area is 91.4 Å². The summed E-state index contributed by atoms with van der Waals surface area (Å²) in [5.74, 6) is 0.641. The van der Waals surface area contributed by atoms with Gasteiger partial charge in [0.25, 0.3) is 0 Å². The Morgan fingerprint density at radius 1 is 1.47 bits per heavy atom. The molecule has 0 saturated carbocycles. The van der Waals surface area contributed by atoms with E-state index >= 15 is 0 Å². The number of aromatic amines is 1. The molecule has 0 fully saturated rings. The number of hydrogen-bond donors (Lipinski definition) is 2. The first-order valence-corrected chi connectivity index (χ1v) is 5.74. The summed E-state index contributed by atoms with van der Waals surface area (Å²) in [7, 11) is 0. The Morgan fingerprint density at radius 3 is 3.13 bits per heavy atom. The van der Waals surface area contributed by atoms with E-state index in [4.69, 9.17) is 0 Å². The summed E-state index contributed by atoms with van der Waals surface area (Å²) in [6, 6.07) is 0. The van der Waals surface area contributed by atoms with Crippen molar-refractivity contribution >= 4 is 22.9 Å². The molecule has 2 rings (SSSR count). The second kappa shape index (κ2) is 4.59. The van der Waals surface area contributed by atoms with Gasteiger partial charge in [0.15, 0.2) is 5.65 Å². The fourth-order valence-corrected chi connectivity index (χ4v) is 2.15. The zero-order valence-corrected chi connectivity index (χ0v) is 9.16. The Hall–Kier alpha value is -1.14. The van der Waals surface area contributed by atoms with Gasteiger partial charge >= 0.3 is 0 Å². The highest BCUT2D eigenvalue weighted by Crippen LogP contribution is 2.22. The van der Waals surface area contributed by atoms with Crippen molar-refractivity contribution in [2.45, 2.75) is 24.5 Å². The van der Waals surface area contributed by atoms with E-state index in [1.807, 2.05) is 6.92 Å². The highest BCUT2D eigenvalue weighted by atomic mass is 32.2. The molecule has 1 atom stereocenters. The molecular formula is C9H12N4OS. The Morgan fingerprint density at radius 2 is 2.33 bits per heavy atom. The van der Waals surface area contributed by atoms with E-state index in [2.05, 4.69) is 19.9 Å². The van der Waals surface area contributed by atoms with E-state index in [1.165, 1.54) is 18.1 Å². The summed E-state index contributed by atoms with van der Waals surface area (Å²) in [5, 5.41) is 10.3. The molecule has 0 aliphatic carbocycles. The summed E-state index contributed by atoms with van der Waals surface area (Å²) < 4.78 is 0. The molecule has 0 bridgehead atoms. The second-order valence-electron chi connectivity index (χ2n) is 3.15. The smallest absolute Gasteiger partial charge is 0.181 e. The number of H-pyrrole nitrogens is 1. The van der Waals surface area contributed by atoms with Crippen LogP contribution < -0.4 is 0 Å². The third kappa shape index (κ3) is 2.27. The van der Waals surface area contributed by atoms with E-state index in [9.17, 15) is 5.11 Å². The van der Waals surface area contributed by atoms with E-state index in [0.717, 1.165) is 17.0 Å². The molecule has 80 valence electrons. The molecule has 0 amide bonds. The van der Waals surface area contributed by atoms with Gasteiger partial charge in [-0.05, 0) is 6.42 Å². The third-order valence-electron chi connectivity index (χ3n) is 2.07. The second-order valence-corrected chi connectivity index (χ2v) is 4.16. The largest absolute Gasteiger partial charge is 0.392 e. The number of aliphatic hydroxyl groups excluding tert-OH is 1.